The van der Waals surface area contributed by atoms with E-state index in [-0.39, 0.29) is 10.6 Å². The fraction of sp³-hybridized carbons (Fsp3) is 0.312. The molecule has 0 saturated carbocycles. The third-order valence-corrected chi connectivity index (χ3v) is 4.65. The van der Waals surface area contributed by atoms with Gasteiger partial charge in [-0.25, -0.2) is 13.4 Å². The van der Waals surface area contributed by atoms with Gasteiger partial charge >= 0.3 is 0 Å². The molecule has 0 unspecified atom stereocenters. The standard InChI is InChI=1S/C16H21N3O4S/c1-4-9-17-16-8-5-12(11-18-16)19-24(20,21)15-7-6-13(22-2)10-14(15)23-3/h5-8,10-11,19H,4,9H2,1-3H3,(H,17,18). The van der Waals surface area contributed by atoms with Crippen LogP contribution in [0.15, 0.2) is 41.4 Å². The normalized spacial score (nSPS) is 11.0. The average Bonchev–Trinajstić information content (AvgIpc) is 2.60. The monoisotopic (exact) mass is 351 g/mol. The Hall–Kier alpha value is -2.48. The molecule has 7 nitrogen and oxygen atoms in total. The molecule has 0 aliphatic heterocycles. The number of benzene rings is 1. The summed E-state index contributed by atoms with van der Waals surface area (Å²) in [6, 6.07) is 7.89. The van der Waals surface area contributed by atoms with E-state index in [1.807, 2.05) is 0 Å². The van der Waals surface area contributed by atoms with Crippen molar-refractivity contribution in [3.8, 4) is 11.5 Å². The molecule has 24 heavy (non-hydrogen) atoms. The summed E-state index contributed by atoms with van der Waals surface area (Å²) in [6.45, 7) is 2.86. The largest absolute Gasteiger partial charge is 0.497 e. The van der Waals surface area contributed by atoms with Crippen molar-refractivity contribution in [1.29, 1.82) is 0 Å². The van der Waals surface area contributed by atoms with Crippen LogP contribution in [0.2, 0.25) is 0 Å². The van der Waals surface area contributed by atoms with Crippen molar-refractivity contribution in [2.45, 2.75) is 18.2 Å². The zero-order valence-electron chi connectivity index (χ0n) is 13.9. The van der Waals surface area contributed by atoms with Crippen molar-refractivity contribution in [1.82, 2.24) is 4.98 Å². The Morgan fingerprint density at radius 2 is 1.92 bits per heavy atom. The third kappa shape index (κ3) is 4.29. The Bertz CT molecular complexity index is 776. The predicted octanol–water partition coefficient (Wildman–Crippen LogP) is 2.72. The molecule has 0 atom stereocenters. The van der Waals surface area contributed by atoms with Gasteiger partial charge in [0.15, 0.2) is 0 Å². The Morgan fingerprint density at radius 1 is 1.12 bits per heavy atom. The summed E-state index contributed by atoms with van der Waals surface area (Å²) in [5.74, 6) is 1.41. The van der Waals surface area contributed by atoms with Gasteiger partial charge in [-0.2, -0.15) is 0 Å². The lowest BCUT2D eigenvalue weighted by Gasteiger charge is -2.13. The van der Waals surface area contributed by atoms with Gasteiger partial charge in [0.2, 0.25) is 0 Å². The molecular weight excluding hydrogens is 330 g/mol. The van der Waals surface area contributed by atoms with E-state index in [4.69, 9.17) is 9.47 Å². The van der Waals surface area contributed by atoms with Crippen LogP contribution in [0.4, 0.5) is 11.5 Å². The van der Waals surface area contributed by atoms with Gasteiger partial charge in [0.05, 0.1) is 26.1 Å². The second-order valence-electron chi connectivity index (χ2n) is 4.98. The molecule has 2 rings (SSSR count). The molecule has 8 heteroatoms. The molecule has 0 fully saturated rings. The highest BCUT2D eigenvalue weighted by molar-refractivity contribution is 7.92. The number of pyridine rings is 1. The first kappa shape index (κ1) is 17.9. The number of hydrogen-bond donors (Lipinski definition) is 2. The molecule has 2 aromatic rings. The fourth-order valence-electron chi connectivity index (χ4n) is 2.02. The minimum Gasteiger partial charge on any atom is -0.497 e. The van der Waals surface area contributed by atoms with Gasteiger partial charge in [0.25, 0.3) is 10.0 Å². The van der Waals surface area contributed by atoms with Crippen LogP contribution in [0.25, 0.3) is 0 Å². The van der Waals surface area contributed by atoms with Gasteiger partial charge in [0.1, 0.15) is 22.2 Å². The quantitative estimate of drug-likeness (QED) is 0.760. The van der Waals surface area contributed by atoms with Crippen LogP contribution >= 0.6 is 0 Å². The molecule has 0 saturated heterocycles. The van der Waals surface area contributed by atoms with Crippen LogP contribution in [0.1, 0.15) is 13.3 Å². The number of hydrogen-bond acceptors (Lipinski definition) is 6. The van der Waals surface area contributed by atoms with Gasteiger partial charge in [-0.1, -0.05) is 6.92 Å². The molecule has 0 radical (unpaired) electrons. The first-order valence-electron chi connectivity index (χ1n) is 7.45. The molecular formula is C16H21N3O4S. The maximum Gasteiger partial charge on any atom is 0.265 e. The SMILES string of the molecule is CCCNc1ccc(NS(=O)(=O)c2ccc(OC)cc2OC)cn1. The number of methoxy groups -OCH3 is 2. The highest BCUT2D eigenvalue weighted by Gasteiger charge is 2.20. The smallest absolute Gasteiger partial charge is 0.265 e. The van der Waals surface area contributed by atoms with Crippen LogP contribution in [0.5, 0.6) is 11.5 Å². The molecule has 0 bridgehead atoms. The van der Waals surface area contributed by atoms with Gasteiger partial charge in [-0.3, -0.25) is 4.72 Å². The third-order valence-electron chi connectivity index (χ3n) is 3.23. The van der Waals surface area contributed by atoms with Crippen molar-refractivity contribution < 1.29 is 17.9 Å². The minimum atomic E-state index is -3.80. The summed E-state index contributed by atoms with van der Waals surface area (Å²) in [5, 5.41) is 3.12. The van der Waals surface area contributed by atoms with Crippen molar-refractivity contribution >= 4 is 21.5 Å². The van der Waals surface area contributed by atoms with E-state index in [9.17, 15) is 8.42 Å². The molecule has 1 aromatic heterocycles. The van der Waals surface area contributed by atoms with E-state index in [0.717, 1.165) is 13.0 Å². The Balaban J connectivity index is 2.22. The summed E-state index contributed by atoms with van der Waals surface area (Å²) < 4.78 is 37.8. The topological polar surface area (TPSA) is 89.5 Å². The van der Waals surface area contributed by atoms with E-state index in [1.165, 1.54) is 32.5 Å². The van der Waals surface area contributed by atoms with E-state index in [0.29, 0.717) is 17.3 Å². The number of nitrogens with one attached hydrogen (secondary N) is 2. The van der Waals surface area contributed by atoms with Gasteiger partial charge in [-0.15, -0.1) is 0 Å². The molecule has 2 N–H and O–H groups in total. The molecule has 0 spiro atoms. The van der Waals surface area contributed by atoms with Crippen molar-refractivity contribution in [2.24, 2.45) is 0 Å². The van der Waals surface area contributed by atoms with E-state index in [1.54, 1.807) is 18.2 Å². The summed E-state index contributed by atoms with van der Waals surface area (Å²) in [6.07, 6.45) is 2.44. The maximum absolute atomic E-state index is 12.6. The molecule has 0 aliphatic rings. The highest BCUT2D eigenvalue weighted by atomic mass is 32.2. The lowest BCUT2D eigenvalue weighted by molar-refractivity contribution is 0.386. The molecule has 1 aromatic carbocycles. The number of aromatic nitrogens is 1. The molecule has 130 valence electrons. The minimum absolute atomic E-state index is 0.0268. The van der Waals surface area contributed by atoms with Crippen molar-refractivity contribution in [2.75, 3.05) is 30.8 Å². The predicted molar refractivity (Wildman–Crippen MR) is 93.4 cm³/mol. The van der Waals surface area contributed by atoms with Gasteiger partial charge in [0, 0.05) is 12.6 Å². The van der Waals surface area contributed by atoms with Crippen LogP contribution in [0, 0.1) is 0 Å². The van der Waals surface area contributed by atoms with Crippen molar-refractivity contribution in [3.05, 3.63) is 36.5 Å². The maximum atomic E-state index is 12.6. The van der Waals surface area contributed by atoms with E-state index >= 15 is 0 Å². The zero-order valence-corrected chi connectivity index (χ0v) is 14.7. The van der Waals surface area contributed by atoms with E-state index < -0.39 is 10.0 Å². The number of sulfonamides is 1. The summed E-state index contributed by atoms with van der Waals surface area (Å²) >= 11 is 0. The lowest BCUT2D eigenvalue weighted by atomic mass is 10.3. The first-order valence-corrected chi connectivity index (χ1v) is 8.93. The van der Waals surface area contributed by atoms with Crippen LogP contribution in [0.3, 0.4) is 0 Å². The van der Waals surface area contributed by atoms with Gasteiger partial charge < -0.3 is 14.8 Å². The highest BCUT2D eigenvalue weighted by Crippen LogP contribution is 2.29. The summed E-state index contributed by atoms with van der Waals surface area (Å²) in [4.78, 5) is 4.20. The zero-order chi connectivity index (χ0) is 17.6. The molecule has 1 heterocycles. The van der Waals surface area contributed by atoms with E-state index in [2.05, 4.69) is 21.9 Å². The summed E-state index contributed by atoms with van der Waals surface area (Å²) in [7, 11) is -0.895. The van der Waals surface area contributed by atoms with Crippen LogP contribution in [-0.2, 0) is 10.0 Å². The molecule has 0 amide bonds. The van der Waals surface area contributed by atoms with Crippen molar-refractivity contribution in [3.63, 3.8) is 0 Å². The van der Waals surface area contributed by atoms with Crippen LogP contribution < -0.4 is 19.5 Å². The second-order valence-corrected chi connectivity index (χ2v) is 6.63. The number of ether oxygens (including phenoxy) is 2. The average molecular weight is 351 g/mol. The molecule has 0 aliphatic carbocycles. The second kappa shape index (κ2) is 7.87. The Morgan fingerprint density at radius 3 is 2.50 bits per heavy atom. The number of anilines is 2. The van der Waals surface area contributed by atoms with Crippen LogP contribution in [-0.4, -0.2) is 34.2 Å². The number of rotatable bonds is 8. The number of nitrogens with zero attached hydrogens (tertiary/aromatic N) is 1. The summed E-state index contributed by atoms with van der Waals surface area (Å²) in [5.41, 5.74) is 0.370. The Kier molecular flexibility index (Phi) is 5.86. The first-order chi connectivity index (χ1) is 11.5. The lowest BCUT2D eigenvalue weighted by Crippen LogP contribution is -2.14. The Labute approximate surface area is 142 Å². The fourth-order valence-corrected chi connectivity index (χ4v) is 3.21. The van der Waals surface area contributed by atoms with Gasteiger partial charge in [-0.05, 0) is 30.7 Å².